The first kappa shape index (κ1) is 13.5. The standard InChI is InChI=1S/C13H21N3O/c1-9(2)15-11-6-10(7-14-8-11)12(17)16-13(3,4)5/h6-9,15H,1-5H3,(H,16,17). The second-order valence-corrected chi connectivity index (χ2v) is 5.47. The summed E-state index contributed by atoms with van der Waals surface area (Å²) in [6.45, 7) is 9.95. The highest BCUT2D eigenvalue weighted by Gasteiger charge is 2.15. The Hall–Kier alpha value is -1.58. The summed E-state index contributed by atoms with van der Waals surface area (Å²) in [6.07, 6.45) is 3.29. The van der Waals surface area contributed by atoms with Crippen LogP contribution in [-0.4, -0.2) is 22.5 Å². The van der Waals surface area contributed by atoms with Crippen LogP contribution in [0.15, 0.2) is 18.5 Å². The number of anilines is 1. The van der Waals surface area contributed by atoms with Gasteiger partial charge in [0.25, 0.3) is 5.91 Å². The van der Waals surface area contributed by atoms with Gasteiger partial charge in [0.2, 0.25) is 0 Å². The lowest BCUT2D eigenvalue weighted by Crippen LogP contribution is -2.40. The number of nitrogens with one attached hydrogen (secondary N) is 2. The monoisotopic (exact) mass is 235 g/mol. The summed E-state index contributed by atoms with van der Waals surface area (Å²) in [4.78, 5) is 16.0. The van der Waals surface area contributed by atoms with Crippen LogP contribution in [0.25, 0.3) is 0 Å². The van der Waals surface area contributed by atoms with E-state index in [0.717, 1.165) is 5.69 Å². The molecule has 0 unspecified atom stereocenters. The molecular weight excluding hydrogens is 214 g/mol. The minimum atomic E-state index is -0.238. The van der Waals surface area contributed by atoms with Crippen molar-refractivity contribution in [2.24, 2.45) is 0 Å². The van der Waals surface area contributed by atoms with Crippen LogP contribution in [0, 0.1) is 0 Å². The number of carbonyl (C=O) groups excluding carboxylic acids is 1. The number of hydrogen-bond donors (Lipinski definition) is 2. The summed E-state index contributed by atoms with van der Waals surface area (Å²) in [5.74, 6) is -0.0996. The van der Waals surface area contributed by atoms with E-state index in [2.05, 4.69) is 15.6 Å². The SMILES string of the molecule is CC(C)Nc1cncc(C(=O)NC(C)(C)C)c1. The van der Waals surface area contributed by atoms with Crippen molar-refractivity contribution in [1.82, 2.24) is 10.3 Å². The highest BCUT2D eigenvalue weighted by Crippen LogP contribution is 2.11. The third-order valence-electron chi connectivity index (χ3n) is 1.94. The van der Waals surface area contributed by atoms with Crippen LogP contribution in [0.4, 0.5) is 5.69 Å². The van der Waals surface area contributed by atoms with Gasteiger partial charge in [-0.15, -0.1) is 0 Å². The summed E-state index contributed by atoms with van der Waals surface area (Å²) in [7, 11) is 0. The fourth-order valence-corrected chi connectivity index (χ4v) is 1.39. The molecule has 0 saturated heterocycles. The first-order valence-corrected chi connectivity index (χ1v) is 5.82. The summed E-state index contributed by atoms with van der Waals surface area (Å²) in [6, 6.07) is 2.13. The molecule has 1 heterocycles. The van der Waals surface area contributed by atoms with Crippen molar-refractivity contribution in [2.75, 3.05) is 5.32 Å². The maximum Gasteiger partial charge on any atom is 0.253 e. The van der Waals surface area contributed by atoms with Crippen LogP contribution >= 0.6 is 0 Å². The molecule has 17 heavy (non-hydrogen) atoms. The molecule has 1 aromatic rings. The van der Waals surface area contributed by atoms with Gasteiger partial charge >= 0.3 is 0 Å². The maximum atomic E-state index is 11.9. The predicted molar refractivity (Wildman–Crippen MR) is 70.2 cm³/mol. The zero-order valence-electron chi connectivity index (χ0n) is 11.2. The minimum absolute atomic E-state index is 0.0996. The fourth-order valence-electron chi connectivity index (χ4n) is 1.39. The van der Waals surface area contributed by atoms with Gasteiger partial charge in [-0.2, -0.15) is 0 Å². The van der Waals surface area contributed by atoms with E-state index in [9.17, 15) is 4.79 Å². The Morgan fingerprint density at radius 3 is 2.47 bits per heavy atom. The van der Waals surface area contributed by atoms with E-state index in [1.54, 1.807) is 12.4 Å². The van der Waals surface area contributed by atoms with Crippen LogP contribution in [0.2, 0.25) is 0 Å². The Morgan fingerprint density at radius 2 is 1.94 bits per heavy atom. The highest BCUT2D eigenvalue weighted by molar-refractivity contribution is 5.95. The van der Waals surface area contributed by atoms with Gasteiger partial charge in [0, 0.05) is 24.0 Å². The Morgan fingerprint density at radius 1 is 1.29 bits per heavy atom. The van der Waals surface area contributed by atoms with E-state index in [0.29, 0.717) is 11.6 Å². The summed E-state index contributed by atoms with van der Waals surface area (Å²) in [5.41, 5.74) is 1.20. The first-order valence-electron chi connectivity index (χ1n) is 5.82. The summed E-state index contributed by atoms with van der Waals surface area (Å²) < 4.78 is 0. The number of hydrogen-bond acceptors (Lipinski definition) is 3. The topological polar surface area (TPSA) is 54.0 Å². The number of pyridine rings is 1. The van der Waals surface area contributed by atoms with E-state index in [-0.39, 0.29) is 11.4 Å². The largest absolute Gasteiger partial charge is 0.382 e. The van der Waals surface area contributed by atoms with E-state index >= 15 is 0 Å². The molecule has 0 aliphatic rings. The van der Waals surface area contributed by atoms with Gasteiger partial charge in [-0.3, -0.25) is 9.78 Å². The van der Waals surface area contributed by atoms with E-state index in [1.165, 1.54) is 0 Å². The van der Waals surface area contributed by atoms with Crippen LogP contribution in [0.5, 0.6) is 0 Å². The molecule has 0 spiro atoms. The quantitative estimate of drug-likeness (QED) is 0.846. The smallest absolute Gasteiger partial charge is 0.253 e. The van der Waals surface area contributed by atoms with Crippen molar-refractivity contribution in [3.05, 3.63) is 24.0 Å². The number of aromatic nitrogens is 1. The predicted octanol–water partition coefficient (Wildman–Crippen LogP) is 2.43. The number of nitrogens with zero attached hydrogens (tertiary/aromatic N) is 1. The van der Waals surface area contributed by atoms with Crippen LogP contribution < -0.4 is 10.6 Å². The Labute approximate surface area is 103 Å². The van der Waals surface area contributed by atoms with E-state index in [1.807, 2.05) is 40.7 Å². The van der Waals surface area contributed by atoms with Gasteiger partial charge in [0.15, 0.2) is 0 Å². The third kappa shape index (κ3) is 4.85. The Bertz CT molecular complexity index is 394. The number of rotatable bonds is 3. The molecule has 0 aliphatic carbocycles. The highest BCUT2D eigenvalue weighted by atomic mass is 16.1. The van der Waals surface area contributed by atoms with Gasteiger partial charge in [-0.05, 0) is 40.7 Å². The van der Waals surface area contributed by atoms with Gasteiger partial charge in [0.05, 0.1) is 11.3 Å². The van der Waals surface area contributed by atoms with Crippen molar-refractivity contribution in [3.63, 3.8) is 0 Å². The van der Waals surface area contributed by atoms with Gasteiger partial charge in [-0.25, -0.2) is 0 Å². The molecule has 1 aromatic heterocycles. The molecule has 94 valence electrons. The molecular formula is C13H21N3O. The van der Waals surface area contributed by atoms with Crippen molar-refractivity contribution >= 4 is 11.6 Å². The molecule has 0 radical (unpaired) electrons. The molecule has 2 N–H and O–H groups in total. The fraction of sp³-hybridized carbons (Fsp3) is 0.538. The molecule has 4 heteroatoms. The molecule has 0 aromatic carbocycles. The zero-order valence-corrected chi connectivity index (χ0v) is 11.2. The van der Waals surface area contributed by atoms with Crippen molar-refractivity contribution in [2.45, 2.75) is 46.2 Å². The minimum Gasteiger partial charge on any atom is -0.382 e. The third-order valence-corrected chi connectivity index (χ3v) is 1.94. The van der Waals surface area contributed by atoms with E-state index in [4.69, 9.17) is 0 Å². The average Bonchev–Trinajstić information content (AvgIpc) is 2.14. The summed E-state index contributed by atoms with van der Waals surface area (Å²) in [5, 5.41) is 6.13. The molecule has 1 rings (SSSR count). The molecule has 0 atom stereocenters. The second kappa shape index (κ2) is 5.17. The van der Waals surface area contributed by atoms with E-state index < -0.39 is 0 Å². The average molecular weight is 235 g/mol. The van der Waals surface area contributed by atoms with Crippen molar-refractivity contribution in [3.8, 4) is 0 Å². The van der Waals surface area contributed by atoms with Gasteiger partial charge in [0.1, 0.15) is 0 Å². The second-order valence-electron chi connectivity index (χ2n) is 5.47. The number of amides is 1. The Balaban J connectivity index is 2.81. The lowest BCUT2D eigenvalue weighted by molar-refractivity contribution is 0.0919. The number of carbonyl (C=O) groups is 1. The van der Waals surface area contributed by atoms with Crippen LogP contribution in [0.1, 0.15) is 45.0 Å². The molecule has 4 nitrogen and oxygen atoms in total. The van der Waals surface area contributed by atoms with Crippen LogP contribution in [-0.2, 0) is 0 Å². The Kier molecular flexibility index (Phi) is 4.10. The zero-order chi connectivity index (χ0) is 13.1. The first-order chi connectivity index (χ1) is 7.78. The van der Waals surface area contributed by atoms with Gasteiger partial charge in [-0.1, -0.05) is 0 Å². The molecule has 1 amide bonds. The van der Waals surface area contributed by atoms with Crippen molar-refractivity contribution in [1.29, 1.82) is 0 Å². The lowest BCUT2D eigenvalue weighted by atomic mass is 10.1. The van der Waals surface area contributed by atoms with Crippen LogP contribution in [0.3, 0.4) is 0 Å². The molecule has 0 aliphatic heterocycles. The summed E-state index contributed by atoms with van der Waals surface area (Å²) >= 11 is 0. The maximum absolute atomic E-state index is 11.9. The molecule has 0 fully saturated rings. The molecule has 0 bridgehead atoms. The molecule has 0 saturated carbocycles. The lowest BCUT2D eigenvalue weighted by Gasteiger charge is -2.20. The van der Waals surface area contributed by atoms with Crippen molar-refractivity contribution < 1.29 is 4.79 Å². The van der Waals surface area contributed by atoms with Gasteiger partial charge < -0.3 is 10.6 Å². The normalized spacial score (nSPS) is 11.4.